The number of hydrogen-bond donors (Lipinski definition) is 5. The van der Waals surface area contributed by atoms with Gasteiger partial charge in [0.1, 0.15) is 67.7 Å². The summed E-state index contributed by atoms with van der Waals surface area (Å²) in [5, 5.41) is 25.1. The van der Waals surface area contributed by atoms with Crippen molar-refractivity contribution in [3.63, 3.8) is 0 Å². The Morgan fingerprint density at radius 2 is 0.431 bits per heavy atom. The third-order valence-corrected chi connectivity index (χ3v) is 28.3. The van der Waals surface area contributed by atoms with E-state index in [0.717, 1.165) is 252 Å². The maximum Gasteiger partial charge on any atom is 0.262 e. The molecule has 2 unspecified atom stereocenters. The Labute approximate surface area is 743 Å². The molecule has 5 aliphatic heterocycles. The molecule has 5 saturated heterocycles. The highest BCUT2D eigenvalue weighted by Gasteiger charge is 2.43. The average Bonchev–Trinajstić information content (AvgIpc) is 1.46. The molecule has 37 heteroatoms. The van der Waals surface area contributed by atoms with Crippen LogP contribution in [0.4, 0.5) is 0 Å². The van der Waals surface area contributed by atoms with Crippen LogP contribution in [-0.2, 0) is 23.7 Å². The van der Waals surface area contributed by atoms with Crippen molar-refractivity contribution in [3.05, 3.63) is 251 Å². The van der Waals surface area contributed by atoms with Crippen molar-refractivity contribution in [3.8, 4) is 0 Å². The average molecular weight is 1760 g/mol. The number of nitrogens with zero attached hydrogens (tertiary/aromatic N) is 22. The van der Waals surface area contributed by atoms with E-state index >= 15 is 0 Å². The minimum Gasteiger partial charge on any atom is -0.381 e. The number of hydrogen-bond acceptors (Lipinski definition) is 27. The van der Waals surface area contributed by atoms with Gasteiger partial charge in [-0.1, -0.05) is 18.2 Å². The molecule has 0 spiro atoms. The van der Waals surface area contributed by atoms with Crippen LogP contribution in [0, 0.1) is 0 Å². The molecular weight excluding hydrogens is 1660 g/mol. The smallest absolute Gasteiger partial charge is 0.262 e. The second kappa shape index (κ2) is 37.7. The van der Waals surface area contributed by atoms with Crippen LogP contribution >= 0.6 is 0 Å². The molecule has 0 aromatic carbocycles. The molecule has 670 valence electrons. The predicted octanol–water partition coefficient (Wildman–Crippen LogP) is 11.4. The summed E-state index contributed by atoms with van der Waals surface area (Å²) in [4.78, 5) is 133. The fourth-order valence-electron chi connectivity index (χ4n) is 20.2. The van der Waals surface area contributed by atoms with Gasteiger partial charge in [-0.3, -0.25) is 38.9 Å². The van der Waals surface area contributed by atoms with Crippen LogP contribution in [-0.4, -0.2) is 200 Å². The molecule has 5 aliphatic carbocycles. The van der Waals surface area contributed by atoms with Gasteiger partial charge in [-0.25, -0.2) is 68.3 Å². The second-order valence-corrected chi connectivity index (χ2v) is 35.5. The summed E-state index contributed by atoms with van der Waals surface area (Å²) >= 11 is 0. The van der Waals surface area contributed by atoms with Crippen molar-refractivity contribution in [2.75, 3.05) is 66.1 Å². The largest absolute Gasteiger partial charge is 0.381 e. The van der Waals surface area contributed by atoms with Crippen molar-refractivity contribution in [1.82, 2.24) is 134 Å². The van der Waals surface area contributed by atoms with Crippen LogP contribution < -0.4 is 27.8 Å². The van der Waals surface area contributed by atoms with Gasteiger partial charge >= 0.3 is 0 Å². The van der Waals surface area contributed by atoms with Gasteiger partial charge in [0.05, 0.1) is 61.2 Å². The summed E-state index contributed by atoms with van der Waals surface area (Å²) < 4.78 is 36.8. The van der Waals surface area contributed by atoms with E-state index in [1.807, 2.05) is 90.5 Å². The fraction of sp³-hybridized carbons (Fsp3) is 0.484. The third-order valence-electron chi connectivity index (χ3n) is 28.3. The number of aromatic nitrogens is 27. The van der Waals surface area contributed by atoms with E-state index in [1.54, 1.807) is 55.8 Å². The van der Waals surface area contributed by atoms with E-state index in [1.165, 1.54) is 0 Å². The van der Waals surface area contributed by atoms with Crippen molar-refractivity contribution >= 4 is 55.2 Å². The summed E-state index contributed by atoms with van der Waals surface area (Å²) in [6.07, 6.45) is 39.9. The van der Waals surface area contributed by atoms with Crippen molar-refractivity contribution in [2.24, 2.45) is 0 Å². The molecule has 10 fully saturated rings. The van der Waals surface area contributed by atoms with E-state index in [2.05, 4.69) is 104 Å². The Balaban J connectivity index is 0.0000000983. The molecule has 15 aromatic rings. The molecule has 20 heterocycles. The summed E-state index contributed by atoms with van der Waals surface area (Å²) in [5.41, 5.74) is 6.11. The van der Waals surface area contributed by atoms with Crippen molar-refractivity contribution in [2.45, 2.75) is 218 Å². The number of pyridine rings is 3. The number of aromatic amines is 5. The van der Waals surface area contributed by atoms with Crippen molar-refractivity contribution in [1.29, 1.82) is 0 Å². The normalized spacial score (nSPS) is 23.8. The lowest BCUT2D eigenvalue weighted by Gasteiger charge is -2.35. The first kappa shape index (κ1) is 84.0. The lowest BCUT2D eigenvalue weighted by molar-refractivity contribution is 0.0672. The highest BCUT2D eigenvalue weighted by molar-refractivity contribution is 5.76. The maximum absolute atomic E-state index is 12.6. The lowest BCUT2D eigenvalue weighted by atomic mass is 9.71. The molecule has 0 radical (unpaired) electrons. The molecule has 0 amide bonds. The van der Waals surface area contributed by atoms with E-state index in [-0.39, 0.29) is 99.4 Å². The van der Waals surface area contributed by atoms with Crippen LogP contribution in [0.1, 0.15) is 276 Å². The number of rotatable bonds is 15. The maximum atomic E-state index is 12.6. The quantitative estimate of drug-likeness (QED) is 0.0636. The van der Waals surface area contributed by atoms with Gasteiger partial charge in [0, 0.05) is 186 Å². The first-order valence-electron chi connectivity index (χ1n) is 46.1. The van der Waals surface area contributed by atoms with Gasteiger partial charge in [-0.2, -0.15) is 25.5 Å². The Bertz CT molecular complexity index is 5810. The number of ether oxygens (including phenoxy) is 5. The Hall–Kier alpha value is -12.8. The molecule has 10 atom stereocenters. The number of fused-ring (bicyclic) bond motifs is 5. The van der Waals surface area contributed by atoms with Gasteiger partial charge in [-0.15, -0.1) is 0 Å². The molecule has 15 aromatic heterocycles. The number of nitrogens with one attached hydrogen (secondary N) is 5. The van der Waals surface area contributed by atoms with Gasteiger partial charge in [-0.05, 0) is 177 Å². The summed E-state index contributed by atoms with van der Waals surface area (Å²) in [6.45, 7) is 7.25. The molecule has 5 N–H and O–H groups in total. The molecule has 10 aliphatic rings. The van der Waals surface area contributed by atoms with Crippen LogP contribution in [0.15, 0.2) is 165 Å². The standard InChI is InChI=1S/3C19H21N5O2.2C18H20N6O2/c3*25-19-15-11-21-24(12-6-9-26-10-7-12)18(15)22-17(23-19)14-5-4-13(14)16-3-1-2-8-20-16;2*25-18-14-10-21-24(11-4-8-26-9-5-11)17(14)22-16(23-18)13-3-2-12(13)15-19-6-1-7-20-15/h3*1-3,8,11-14H,4-7,9-10H2,(H,22,23,25);2*1,6-7,10-13H,2-5,8-9H2,(H,22,23,25)/t2*13-,14-;;2*12-,13+/m10.10/s1. The molecular formula is C93H103N27O10. The van der Waals surface area contributed by atoms with E-state index in [9.17, 15) is 24.0 Å². The minimum absolute atomic E-state index is 0.102. The third kappa shape index (κ3) is 17.0. The zero-order valence-electron chi connectivity index (χ0n) is 72.1. The molecule has 5 saturated carbocycles. The molecule has 130 heavy (non-hydrogen) atoms. The van der Waals surface area contributed by atoms with E-state index in [0.29, 0.717) is 72.9 Å². The van der Waals surface area contributed by atoms with Crippen LogP contribution in [0.3, 0.4) is 0 Å². The molecule has 37 nitrogen and oxygen atoms in total. The first-order valence-corrected chi connectivity index (χ1v) is 46.1. The fourth-order valence-corrected chi connectivity index (χ4v) is 20.2. The lowest BCUT2D eigenvalue weighted by Crippen LogP contribution is -2.28. The van der Waals surface area contributed by atoms with Gasteiger partial charge < -0.3 is 48.6 Å². The predicted molar refractivity (Wildman–Crippen MR) is 477 cm³/mol. The van der Waals surface area contributed by atoms with Gasteiger partial charge in [0.25, 0.3) is 27.8 Å². The van der Waals surface area contributed by atoms with E-state index < -0.39 is 0 Å². The zero-order chi connectivity index (χ0) is 87.5. The van der Waals surface area contributed by atoms with Crippen LogP contribution in [0.5, 0.6) is 0 Å². The Morgan fingerprint density at radius 3 is 0.623 bits per heavy atom. The Morgan fingerprint density at radius 1 is 0.231 bits per heavy atom. The summed E-state index contributed by atoms with van der Waals surface area (Å²) in [6, 6.07) is 22.8. The molecule has 0 bridgehead atoms. The van der Waals surface area contributed by atoms with Gasteiger partial charge in [0.2, 0.25) is 0 Å². The van der Waals surface area contributed by atoms with Gasteiger partial charge in [0.15, 0.2) is 28.2 Å². The van der Waals surface area contributed by atoms with Crippen molar-refractivity contribution < 1.29 is 23.7 Å². The summed E-state index contributed by atoms with van der Waals surface area (Å²) in [5.74, 6) is 7.65. The minimum atomic E-state index is -0.122. The monoisotopic (exact) mass is 1760 g/mol. The van der Waals surface area contributed by atoms with E-state index in [4.69, 9.17) is 48.6 Å². The zero-order valence-corrected chi connectivity index (χ0v) is 72.1. The second-order valence-electron chi connectivity index (χ2n) is 35.5. The SMILES string of the molecule is O=c1[nH]c(C2CCC2c2ccccn2)nc2c1cnn2C1CCOCC1.O=c1[nH]c([C@@H]2CC[C@@H]2c2ncccn2)nc2c1cnn2C1CCOCC1.O=c1[nH]c([C@@H]2CC[C@H]2c2ccccn2)nc2c1cnn2C1CCOCC1.O=c1[nH]c([C@H]2CC[C@@H]2c2ccccn2)nc2c1cnn2C1CCOCC1.O=c1[nH]c([C@H]2CC[C@H]2c2ncccn2)nc2c1cnn2C1CCOCC1. The molecule has 25 rings (SSSR count). The summed E-state index contributed by atoms with van der Waals surface area (Å²) in [7, 11) is 0. The van der Waals surface area contributed by atoms with Crippen LogP contribution in [0.2, 0.25) is 0 Å². The Kier molecular flexibility index (Phi) is 24.4. The highest BCUT2D eigenvalue weighted by Crippen LogP contribution is 2.52. The highest BCUT2D eigenvalue weighted by atomic mass is 16.5. The number of H-pyrrole nitrogens is 5. The first-order chi connectivity index (χ1) is 64.0. The topological polar surface area (TPSA) is 454 Å². The van der Waals surface area contributed by atoms with Crippen LogP contribution in [0.25, 0.3) is 55.2 Å².